The molecule has 1 aromatic rings. The molecule has 0 bridgehead atoms. The largest absolute Gasteiger partial charge is 0.259 e. The van der Waals surface area contributed by atoms with Crippen molar-refractivity contribution in [2.24, 2.45) is 0 Å². The van der Waals surface area contributed by atoms with Gasteiger partial charge in [-0.15, -0.1) is 0 Å². The molecular weight excluding hydrogens is 142 g/mol. The zero-order chi connectivity index (χ0) is 8.10. The Morgan fingerprint density at radius 2 is 1.91 bits per heavy atom. The third kappa shape index (κ3) is 2.62. The van der Waals surface area contributed by atoms with Gasteiger partial charge in [0.1, 0.15) is 0 Å². The van der Waals surface area contributed by atoms with E-state index in [0.717, 1.165) is 11.8 Å². The van der Waals surface area contributed by atoms with E-state index in [4.69, 9.17) is 0 Å². The maximum atomic E-state index is 9.89. The van der Waals surface area contributed by atoms with Gasteiger partial charge in [0, 0.05) is 6.08 Å². The lowest BCUT2D eigenvalue weighted by atomic mass is 10.2. The molecule has 56 valence electrons. The summed E-state index contributed by atoms with van der Waals surface area (Å²) in [7, 11) is 0. The molecule has 0 N–H and O–H groups in total. The molecule has 11 heavy (non-hydrogen) atoms. The summed E-state index contributed by atoms with van der Waals surface area (Å²) in [4.78, 5) is 9.41. The topological polar surface area (TPSA) is 43.1 Å². The first-order chi connectivity index (χ1) is 5.29. The molecule has 0 saturated heterocycles. The lowest BCUT2D eigenvalue weighted by molar-refractivity contribution is -0.400. The number of nitro groups is 1. The SMILES string of the molecule is O=[N+]([O-])/C=C\c1ccccc1. The Bertz CT molecular complexity index is 267. The van der Waals surface area contributed by atoms with Crippen molar-refractivity contribution < 1.29 is 4.92 Å². The summed E-state index contributed by atoms with van der Waals surface area (Å²) < 4.78 is 0. The fourth-order valence-electron chi connectivity index (χ4n) is 0.711. The standard InChI is InChI=1S/C8H7NO2/c10-9(11)7-6-8-4-2-1-3-5-8/h1-7H/b7-6-. The molecule has 0 aliphatic rings. The molecule has 0 aromatic heterocycles. The molecule has 3 heteroatoms. The van der Waals surface area contributed by atoms with E-state index in [9.17, 15) is 10.1 Å². The van der Waals surface area contributed by atoms with Crippen LogP contribution in [-0.2, 0) is 0 Å². The van der Waals surface area contributed by atoms with Crippen LogP contribution in [0.25, 0.3) is 6.08 Å². The van der Waals surface area contributed by atoms with Crippen molar-refractivity contribution in [2.45, 2.75) is 0 Å². The van der Waals surface area contributed by atoms with E-state index >= 15 is 0 Å². The fraction of sp³-hybridized carbons (Fsp3) is 0. The Hall–Kier alpha value is -1.64. The average molecular weight is 149 g/mol. The highest BCUT2D eigenvalue weighted by molar-refractivity contribution is 5.47. The van der Waals surface area contributed by atoms with E-state index in [0.29, 0.717) is 0 Å². The van der Waals surface area contributed by atoms with Gasteiger partial charge in [-0.3, -0.25) is 10.1 Å². The summed E-state index contributed by atoms with van der Waals surface area (Å²) in [6, 6.07) is 9.14. The minimum atomic E-state index is -0.479. The number of hydrogen-bond donors (Lipinski definition) is 0. The first-order valence-electron chi connectivity index (χ1n) is 3.16. The summed E-state index contributed by atoms with van der Waals surface area (Å²) >= 11 is 0. The Morgan fingerprint density at radius 1 is 1.27 bits per heavy atom. The minimum absolute atomic E-state index is 0.479. The van der Waals surface area contributed by atoms with E-state index in [2.05, 4.69) is 0 Å². The summed E-state index contributed by atoms with van der Waals surface area (Å²) in [5.74, 6) is 0. The van der Waals surface area contributed by atoms with Crippen LogP contribution in [0.4, 0.5) is 0 Å². The van der Waals surface area contributed by atoms with Crippen LogP contribution in [0.3, 0.4) is 0 Å². The second-order valence-corrected chi connectivity index (χ2v) is 2.01. The van der Waals surface area contributed by atoms with Crippen LogP contribution in [-0.4, -0.2) is 4.92 Å². The van der Waals surface area contributed by atoms with Crippen molar-refractivity contribution in [2.75, 3.05) is 0 Å². The lowest BCUT2D eigenvalue weighted by Gasteiger charge is -1.86. The lowest BCUT2D eigenvalue weighted by Crippen LogP contribution is -1.81. The van der Waals surface area contributed by atoms with Crippen molar-refractivity contribution in [1.29, 1.82) is 0 Å². The third-order valence-electron chi connectivity index (χ3n) is 1.19. The van der Waals surface area contributed by atoms with Crippen molar-refractivity contribution >= 4 is 6.08 Å². The highest BCUT2D eigenvalue weighted by Gasteiger charge is 1.86. The normalized spacial score (nSPS) is 10.2. The fourth-order valence-corrected chi connectivity index (χ4v) is 0.711. The van der Waals surface area contributed by atoms with Gasteiger partial charge in [-0.2, -0.15) is 0 Å². The highest BCUT2D eigenvalue weighted by Crippen LogP contribution is 1.99. The van der Waals surface area contributed by atoms with Gasteiger partial charge in [0.15, 0.2) is 0 Å². The number of hydrogen-bond acceptors (Lipinski definition) is 2. The molecule has 1 aromatic carbocycles. The third-order valence-corrected chi connectivity index (χ3v) is 1.19. The predicted octanol–water partition coefficient (Wildman–Crippen LogP) is 1.93. The van der Waals surface area contributed by atoms with Gasteiger partial charge in [-0.25, -0.2) is 0 Å². The highest BCUT2D eigenvalue weighted by atomic mass is 16.6. The Morgan fingerprint density at radius 3 is 2.45 bits per heavy atom. The van der Waals surface area contributed by atoms with Gasteiger partial charge in [-0.05, 0) is 5.56 Å². The molecule has 0 saturated carbocycles. The monoisotopic (exact) mass is 149 g/mol. The van der Waals surface area contributed by atoms with Crippen molar-refractivity contribution in [3.05, 3.63) is 52.2 Å². The molecule has 1 rings (SSSR count). The van der Waals surface area contributed by atoms with Crippen LogP contribution >= 0.6 is 0 Å². The Kier molecular flexibility index (Phi) is 2.38. The Labute approximate surface area is 64.1 Å². The second kappa shape index (κ2) is 3.51. The molecule has 0 aliphatic carbocycles. The maximum absolute atomic E-state index is 9.89. The molecular formula is C8H7NO2. The van der Waals surface area contributed by atoms with Crippen molar-refractivity contribution in [3.63, 3.8) is 0 Å². The molecule has 0 atom stereocenters. The van der Waals surface area contributed by atoms with E-state index < -0.39 is 4.92 Å². The summed E-state index contributed by atoms with van der Waals surface area (Å²) in [6.07, 6.45) is 2.38. The average Bonchev–Trinajstić information content (AvgIpc) is 2.03. The smallest absolute Gasteiger partial charge is 0.235 e. The number of nitrogens with zero attached hydrogens (tertiary/aromatic N) is 1. The van der Waals surface area contributed by atoms with E-state index in [1.165, 1.54) is 6.08 Å². The summed E-state index contributed by atoms with van der Waals surface area (Å²) in [6.45, 7) is 0. The molecule has 3 nitrogen and oxygen atoms in total. The van der Waals surface area contributed by atoms with Crippen LogP contribution in [0.2, 0.25) is 0 Å². The van der Waals surface area contributed by atoms with E-state index in [1.54, 1.807) is 12.1 Å². The van der Waals surface area contributed by atoms with Crippen LogP contribution in [0.1, 0.15) is 5.56 Å². The van der Waals surface area contributed by atoms with Gasteiger partial charge in [0.05, 0.1) is 4.92 Å². The maximum Gasteiger partial charge on any atom is 0.235 e. The number of rotatable bonds is 2. The molecule has 0 aliphatic heterocycles. The van der Waals surface area contributed by atoms with Gasteiger partial charge in [0.25, 0.3) is 0 Å². The molecule has 0 amide bonds. The van der Waals surface area contributed by atoms with Gasteiger partial charge in [0.2, 0.25) is 6.20 Å². The summed E-state index contributed by atoms with van der Waals surface area (Å²) in [5, 5.41) is 9.89. The molecule has 0 spiro atoms. The summed E-state index contributed by atoms with van der Waals surface area (Å²) in [5.41, 5.74) is 0.837. The van der Waals surface area contributed by atoms with E-state index in [-0.39, 0.29) is 0 Å². The molecule has 0 heterocycles. The first-order valence-corrected chi connectivity index (χ1v) is 3.16. The zero-order valence-electron chi connectivity index (χ0n) is 5.81. The zero-order valence-corrected chi connectivity index (χ0v) is 5.81. The number of benzene rings is 1. The van der Waals surface area contributed by atoms with E-state index in [1.807, 2.05) is 18.2 Å². The predicted molar refractivity (Wildman–Crippen MR) is 42.5 cm³/mol. The van der Waals surface area contributed by atoms with Crippen LogP contribution in [0, 0.1) is 10.1 Å². The quantitative estimate of drug-likeness (QED) is 0.476. The van der Waals surface area contributed by atoms with Crippen molar-refractivity contribution in [1.82, 2.24) is 0 Å². The molecule has 0 fully saturated rings. The molecule has 0 radical (unpaired) electrons. The Balaban J connectivity index is 2.72. The van der Waals surface area contributed by atoms with Crippen molar-refractivity contribution in [3.8, 4) is 0 Å². The van der Waals surface area contributed by atoms with Gasteiger partial charge >= 0.3 is 0 Å². The second-order valence-electron chi connectivity index (χ2n) is 2.01. The van der Waals surface area contributed by atoms with Gasteiger partial charge in [-0.1, -0.05) is 30.3 Å². The minimum Gasteiger partial charge on any atom is -0.259 e. The van der Waals surface area contributed by atoms with Crippen LogP contribution in [0.15, 0.2) is 36.5 Å². The van der Waals surface area contributed by atoms with Gasteiger partial charge < -0.3 is 0 Å². The van der Waals surface area contributed by atoms with Crippen LogP contribution < -0.4 is 0 Å². The molecule has 0 unspecified atom stereocenters. The van der Waals surface area contributed by atoms with Crippen LogP contribution in [0.5, 0.6) is 0 Å². The first kappa shape index (κ1) is 7.47.